The molecule has 1 aromatic rings. The SMILES string of the molecule is CCN(CC)CCNC(=O)C1CCC2S/C(=C\c3ccccc3)C(=O)NC2C1. The first-order valence-corrected chi connectivity index (χ1v) is 11.2. The van der Waals surface area contributed by atoms with E-state index in [-0.39, 0.29) is 23.8 Å². The summed E-state index contributed by atoms with van der Waals surface area (Å²) in [7, 11) is 0. The Balaban J connectivity index is 1.52. The summed E-state index contributed by atoms with van der Waals surface area (Å²) < 4.78 is 0. The number of hydrogen-bond donors (Lipinski definition) is 2. The molecule has 5 nitrogen and oxygen atoms in total. The number of rotatable bonds is 7. The summed E-state index contributed by atoms with van der Waals surface area (Å²) in [6.07, 6.45) is 4.54. The predicted molar refractivity (Wildman–Crippen MR) is 116 cm³/mol. The monoisotopic (exact) mass is 401 g/mol. The van der Waals surface area contributed by atoms with Crippen molar-refractivity contribution in [1.82, 2.24) is 15.5 Å². The number of likely N-dealkylation sites (N-methyl/N-ethyl adjacent to an activating group) is 1. The van der Waals surface area contributed by atoms with Gasteiger partial charge >= 0.3 is 0 Å². The maximum atomic E-state index is 12.6. The fraction of sp³-hybridized carbons (Fsp3) is 0.545. The first-order chi connectivity index (χ1) is 13.6. The number of hydrogen-bond acceptors (Lipinski definition) is 4. The van der Waals surface area contributed by atoms with Crippen LogP contribution in [0.2, 0.25) is 0 Å². The van der Waals surface area contributed by atoms with Gasteiger partial charge in [0.1, 0.15) is 0 Å². The van der Waals surface area contributed by atoms with Crippen molar-refractivity contribution < 1.29 is 9.59 Å². The van der Waals surface area contributed by atoms with Crippen LogP contribution in [0.1, 0.15) is 38.7 Å². The van der Waals surface area contributed by atoms with Crippen LogP contribution >= 0.6 is 11.8 Å². The van der Waals surface area contributed by atoms with Gasteiger partial charge in [0.05, 0.1) is 4.91 Å². The largest absolute Gasteiger partial charge is 0.355 e. The third kappa shape index (κ3) is 5.39. The number of carbonyl (C=O) groups is 2. The predicted octanol–water partition coefficient (Wildman–Crippen LogP) is 2.89. The molecule has 0 spiro atoms. The van der Waals surface area contributed by atoms with Gasteiger partial charge in [0, 0.05) is 30.3 Å². The highest BCUT2D eigenvalue weighted by Gasteiger charge is 2.39. The Morgan fingerprint density at radius 3 is 2.71 bits per heavy atom. The molecule has 0 radical (unpaired) electrons. The zero-order valence-corrected chi connectivity index (χ0v) is 17.6. The Kier molecular flexibility index (Phi) is 7.57. The lowest BCUT2D eigenvalue weighted by Gasteiger charge is -2.39. The quantitative estimate of drug-likeness (QED) is 0.690. The van der Waals surface area contributed by atoms with Crippen molar-refractivity contribution in [2.45, 2.75) is 44.4 Å². The van der Waals surface area contributed by atoms with Crippen molar-refractivity contribution in [2.24, 2.45) is 5.92 Å². The first-order valence-electron chi connectivity index (χ1n) is 10.3. The highest BCUT2D eigenvalue weighted by molar-refractivity contribution is 8.04. The van der Waals surface area contributed by atoms with E-state index in [1.807, 2.05) is 36.4 Å². The minimum Gasteiger partial charge on any atom is -0.355 e. The minimum absolute atomic E-state index is 0.00138. The lowest BCUT2D eigenvalue weighted by molar-refractivity contribution is -0.127. The maximum absolute atomic E-state index is 12.6. The van der Waals surface area contributed by atoms with E-state index in [2.05, 4.69) is 29.4 Å². The molecule has 1 saturated heterocycles. The summed E-state index contributed by atoms with van der Waals surface area (Å²) >= 11 is 1.67. The number of nitrogens with zero attached hydrogens (tertiary/aromatic N) is 1. The molecule has 2 aliphatic rings. The molecule has 1 aliphatic heterocycles. The molecule has 152 valence electrons. The molecule has 3 unspecified atom stereocenters. The highest BCUT2D eigenvalue weighted by Crippen LogP contribution is 2.39. The van der Waals surface area contributed by atoms with Gasteiger partial charge in [0.25, 0.3) is 5.91 Å². The second kappa shape index (κ2) is 10.1. The third-order valence-corrected chi connectivity index (χ3v) is 7.12. The van der Waals surface area contributed by atoms with Gasteiger partial charge in [-0.2, -0.15) is 0 Å². The molecule has 0 bridgehead atoms. The zero-order valence-electron chi connectivity index (χ0n) is 16.8. The number of carbonyl (C=O) groups excluding carboxylic acids is 2. The molecule has 2 N–H and O–H groups in total. The maximum Gasteiger partial charge on any atom is 0.257 e. The highest BCUT2D eigenvalue weighted by atomic mass is 32.2. The van der Waals surface area contributed by atoms with Crippen LogP contribution in [0.15, 0.2) is 35.2 Å². The van der Waals surface area contributed by atoms with Gasteiger partial charge in [-0.15, -0.1) is 11.8 Å². The molecule has 2 fully saturated rings. The van der Waals surface area contributed by atoms with E-state index in [9.17, 15) is 9.59 Å². The second-order valence-electron chi connectivity index (χ2n) is 7.48. The summed E-state index contributed by atoms with van der Waals surface area (Å²) in [6, 6.07) is 10.0. The molecule has 28 heavy (non-hydrogen) atoms. The van der Waals surface area contributed by atoms with Crippen molar-refractivity contribution in [1.29, 1.82) is 0 Å². The van der Waals surface area contributed by atoms with Crippen LogP contribution in [0.5, 0.6) is 0 Å². The van der Waals surface area contributed by atoms with E-state index in [1.54, 1.807) is 11.8 Å². The number of fused-ring (bicyclic) bond motifs is 1. The average Bonchev–Trinajstić information content (AvgIpc) is 2.72. The molecule has 1 heterocycles. The van der Waals surface area contributed by atoms with Crippen LogP contribution in [0.4, 0.5) is 0 Å². The Labute approximate surface area is 172 Å². The third-order valence-electron chi connectivity index (χ3n) is 5.70. The van der Waals surface area contributed by atoms with Gasteiger partial charge in [-0.25, -0.2) is 0 Å². The summed E-state index contributed by atoms with van der Waals surface area (Å²) in [4.78, 5) is 28.2. The van der Waals surface area contributed by atoms with Gasteiger partial charge in [0.2, 0.25) is 5.91 Å². The van der Waals surface area contributed by atoms with Gasteiger partial charge < -0.3 is 15.5 Å². The Morgan fingerprint density at radius 2 is 2.00 bits per heavy atom. The summed E-state index contributed by atoms with van der Waals surface area (Å²) in [5.41, 5.74) is 1.04. The fourth-order valence-electron chi connectivity index (χ4n) is 3.95. The lowest BCUT2D eigenvalue weighted by atomic mass is 9.84. The summed E-state index contributed by atoms with van der Waals surface area (Å²) in [5, 5.41) is 6.59. The van der Waals surface area contributed by atoms with Gasteiger partial charge in [0.15, 0.2) is 0 Å². The van der Waals surface area contributed by atoms with Gasteiger partial charge in [-0.05, 0) is 44.0 Å². The molecule has 3 rings (SSSR count). The average molecular weight is 402 g/mol. The van der Waals surface area contributed by atoms with E-state index >= 15 is 0 Å². The van der Waals surface area contributed by atoms with Crippen LogP contribution in [0, 0.1) is 5.92 Å². The van der Waals surface area contributed by atoms with Crippen molar-refractivity contribution in [3.05, 3.63) is 40.8 Å². The zero-order chi connectivity index (χ0) is 19.9. The van der Waals surface area contributed by atoms with Crippen LogP contribution in [-0.2, 0) is 9.59 Å². The Morgan fingerprint density at radius 1 is 1.25 bits per heavy atom. The Hall–Kier alpha value is -1.79. The van der Waals surface area contributed by atoms with Crippen molar-refractivity contribution in [3.63, 3.8) is 0 Å². The minimum atomic E-state index is -0.0160. The number of amides is 2. The standard InChI is InChI=1S/C22H31N3O2S/c1-3-25(4-2)13-12-23-21(26)17-10-11-19-18(15-17)24-22(27)20(28-19)14-16-8-6-5-7-9-16/h5-9,14,17-19H,3-4,10-13,15H2,1-2H3,(H,23,26)(H,24,27)/b20-14-. The Bertz CT molecular complexity index is 703. The number of thioether (sulfide) groups is 1. The molecular formula is C22H31N3O2S. The molecule has 6 heteroatoms. The van der Waals surface area contributed by atoms with E-state index in [4.69, 9.17) is 0 Å². The van der Waals surface area contributed by atoms with Crippen LogP contribution < -0.4 is 10.6 Å². The fourth-order valence-corrected chi connectivity index (χ4v) is 5.25. The van der Waals surface area contributed by atoms with Crippen molar-refractivity contribution in [2.75, 3.05) is 26.2 Å². The molecular weight excluding hydrogens is 370 g/mol. The lowest BCUT2D eigenvalue weighted by Crippen LogP contribution is -2.51. The number of benzene rings is 1. The topological polar surface area (TPSA) is 61.4 Å². The van der Waals surface area contributed by atoms with Gasteiger partial charge in [-0.3, -0.25) is 9.59 Å². The van der Waals surface area contributed by atoms with Crippen molar-refractivity contribution >= 4 is 29.7 Å². The molecule has 1 aromatic carbocycles. The van der Waals surface area contributed by atoms with E-state index in [0.29, 0.717) is 11.8 Å². The molecule has 2 amide bonds. The van der Waals surface area contributed by atoms with E-state index in [0.717, 1.165) is 49.4 Å². The number of nitrogens with one attached hydrogen (secondary N) is 2. The summed E-state index contributed by atoms with van der Waals surface area (Å²) in [6.45, 7) is 7.85. The van der Waals surface area contributed by atoms with Crippen molar-refractivity contribution in [3.8, 4) is 0 Å². The van der Waals surface area contributed by atoms with Crippen LogP contribution in [0.25, 0.3) is 6.08 Å². The molecule has 3 atom stereocenters. The van der Waals surface area contributed by atoms with Crippen LogP contribution in [-0.4, -0.2) is 54.2 Å². The van der Waals surface area contributed by atoms with E-state index in [1.165, 1.54) is 0 Å². The molecule has 0 aromatic heterocycles. The van der Waals surface area contributed by atoms with E-state index < -0.39 is 0 Å². The smallest absolute Gasteiger partial charge is 0.257 e. The van der Waals surface area contributed by atoms with Gasteiger partial charge in [-0.1, -0.05) is 44.2 Å². The molecule has 1 saturated carbocycles. The first kappa shape index (κ1) is 20.9. The summed E-state index contributed by atoms with van der Waals surface area (Å²) in [5.74, 6) is 0.117. The van der Waals surface area contributed by atoms with Crippen LogP contribution in [0.3, 0.4) is 0 Å². The normalized spacial score (nSPS) is 26.0. The second-order valence-corrected chi connectivity index (χ2v) is 8.76. The molecule has 1 aliphatic carbocycles.